The normalized spacial score (nSPS) is 12.2. The third-order valence-corrected chi connectivity index (χ3v) is 5.64. The Labute approximate surface area is 170 Å². The Morgan fingerprint density at radius 1 is 1.21 bits per heavy atom. The van der Waals surface area contributed by atoms with Crippen LogP contribution in [-0.4, -0.2) is 32.0 Å². The first-order chi connectivity index (χ1) is 13.6. The predicted octanol–water partition coefficient (Wildman–Crippen LogP) is 3.33. The van der Waals surface area contributed by atoms with Gasteiger partial charge in [-0.2, -0.15) is 0 Å². The van der Waals surface area contributed by atoms with Crippen LogP contribution in [0.5, 0.6) is 0 Å². The Kier molecular flexibility index (Phi) is 7.33. The highest BCUT2D eigenvalue weighted by Gasteiger charge is 2.20. The number of aryl methyl sites for hydroxylation is 1. The first kappa shape index (κ1) is 22.4. The highest BCUT2D eigenvalue weighted by molar-refractivity contribution is 7.92. The van der Waals surface area contributed by atoms with Gasteiger partial charge in [0.1, 0.15) is 0 Å². The molecule has 9 heteroatoms. The van der Waals surface area contributed by atoms with Crippen molar-refractivity contribution in [3.63, 3.8) is 0 Å². The topological polar surface area (TPSA) is 110 Å². The van der Waals surface area contributed by atoms with Crippen molar-refractivity contribution in [2.75, 3.05) is 17.1 Å². The number of rotatable bonds is 9. The first-order valence-electron chi connectivity index (χ1n) is 9.16. The fourth-order valence-electron chi connectivity index (χ4n) is 2.88. The summed E-state index contributed by atoms with van der Waals surface area (Å²) in [5, 5.41) is 13.8. The van der Waals surface area contributed by atoms with Gasteiger partial charge in [0.15, 0.2) is 0 Å². The van der Waals surface area contributed by atoms with Gasteiger partial charge in [-0.15, -0.1) is 0 Å². The maximum Gasteiger partial charge on any atom is 0.271 e. The molecule has 0 aromatic heterocycles. The molecule has 29 heavy (non-hydrogen) atoms. The van der Waals surface area contributed by atoms with Crippen LogP contribution in [-0.2, 0) is 14.8 Å². The Balaban J connectivity index is 1.98. The van der Waals surface area contributed by atoms with E-state index in [1.807, 2.05) is 38.1 Å². The van der Waals surface area contributed by atoms with Crippen molar-refractivity contribution >= 4 is 27.3 Å². The minimum absolute atomic E-state index is 0.0479. The van der Waals surface area contributed by atoms with Crippen molar-refractivity contribution in [2.45, 2.75) is 32.7 Å². The third kappa shape index (κ3) is 6.56. The summed E-state index contributed by atoms with van der Waals surface area (Å²) in [6.07, 6.45) is 1.45. The lowest BCUT2D eigenvalue weighted by Crippen LogP contribution is -2.32. The zero-order valence-corrected chi connectivity index (χ0v) is 17.5. The number of hydrogen-bond donors (Lipinski definition) is 1. The Morgan fingerprint density at radius 2 is 1.86 bits per heavy atom. The molecule has 1 atom stereocenters. The van der Waals surface area contributed by atoms with Crippen molar-refractivity contribution in [1.29, 1.82) is 0 Å². The third-order valence-electron chi connectivity index (χ3n) is 4.45. The van der Waals surface area contributed by atoms with Gasteiger partial charge in [0, 0.05) is 25.1 Å². The number of amides is 1. The molecule has 2 rings (SSSR count). The van der Waals surface area contributed by atoms with E-state index in [2.05, 4.69) is 5.32 Å². The molecule has 0 bridgehead atoms. The fourth-order valence-corrected chi connectivity index (χ4v) is 3.84. The summed E-state index contributed by atoms with van der Waals surface area (Å²) in [6.45, 7) is 3.92. The monoisotopic (exact) mass is 419 g/mol. The maximum atomic E-state index is 12.2. The minimum atomic E-state index is -3.65. The number of hydrogen-bond acceptors (Lipinski definition) is 5. The zero-order valence-electron chi connectivity index (χ0n) is 16.7. The number of carbonyl (C=O) groups is 1. The van der Waals surface area contributed by atoms with Crippen LogP contribution in [0.4, 0.5) is 11.4 Å². The molecular weight excluding hydrogens is 394 g/mol. The Morgan fingerprint density at radius 3 is 2.45 bits per heavy atom. The number of nitrogens with one attached hydrogen (secondary N) is 1. The number of nitrogens with zero attached hydrogens (tertiary/aromatic N) is 2. The van der Waals surface area contributed by atoms with Gasteiger partial charge in [-0.25, -0.2) is 8.42 Å². The average Bonchev–Trinajstić information content (AvgIpc) is 2.64. The van der Waals surface area contributed by atoms with E-state index in [1.165, 1.54) is 24.3 Å². The van der Waals surface area contributed by atoms with Crippen LogP contribution in [0, 0.1) is 17.0 Å². The predicted molar refractivity (Wildman–Crippen MR) is 112 cm³/mol. The van der Waals surface area contributed by atoms with Crippen molar-refractivity contribution in [1.82, 2.24) is 5.32 Å². The van der Waals surface area contributed by atoms with Crippen LogP contribution in [0.15, 0.2) is 48.5 Å². The molecule has 2 aromatic rings. The van der Waals surface area contributed by atoms with Crippen LogP contribution in [0.2, 0.25) is 0 Å². The van der Waals surface area contributed by atoms with E-state index in [1.54, 1.807) is 0 Å². The van der Waals surface area contributed by atoms with Crippen LogP contribution < -0.4 is 9.62 Å². The lowest BCUT2D eigenvalue weighted by Gasteiger charge is -2.22. The number of nitro groups is 1. The van der Waals surface area contributed by atoms with Gasteiger partial charge in [0.25, 0.3) is 5.69 Å². The van der Waals surface area contributed by atoms with E-state index in [9.17, 15) is 23.3 Å². The molecule has 8 nitrogen and oxygen atoms in total. The summed E-state index contributed by atoms with van der Waals surface area (Å²) < 4.78 is 25.3. The minimum Gasteiger partial charge on any atom is -0.350 e. The standard InChI is InChI=1S/C20H25N3O5S/c1-15-9-11-17(12-10-15)16(2)21-20(24)8-5-13-22(29(3,27)28)18-6-4-7-19(14-18)23(25)26/h4,6-7,9-12,14,16H,5,8,13H2,1-3H3,(H,21,24). The van der Waals surface area contributed by atoms with Gasteiger partial charge >= 0.3 is 0 Å². The zero-order chi connectivity index (χ0) is 21.6. The second-order valence-electron chi connectivity index (χ2n) is 6.92. The summed E-state index contributed by atoms with van der Waals surface area (Å²) in [6, 6.07) is 13.1. The Bertz CT molecular complexity index is 974. The second kappa shape index (κ2) is 9.51. The Hall–Kier alpha value is -2.94. The largest absolute Gasteiger partial charge is 0.350 e. The number of benzene rings is 2. The van der Waals surface area contributed by atoms with E-state index >= 15 is 0 Å². The van der Waals surface area contributed by atoms with Crippen molar-refractivity contribution in [3.8, 4) is 0 Å². The van der Waals surface area contributed by atoms with Crippen molar-refractivity contribution in [2.24, 2.45) is 0 Å². The van der Waals surface area contributed by atoms with Crippen molar-refractivity contribution < 1.29 is 18.1 Å². The number of sulfonamides is 1. The van der Waals surface area contributed by atoms with E-state index in [0.29, 0.717) is 0 Å². The maximum absolute atomic E-state index is 12.2. The number of carbonyl (C=O) groups excluding carboxylic acids is 1. The summed E-state index contributed by atoms with van der Waals surface area (Å²) in [5.74, 6) is -0.189. The van der Waals surface area contributed by atoms with Crippen LogP contribution in [0.25, 0.3) is 0 Å². The molecule has 0 radical (unpaired) electrons. The molecule has 0 heterocycles. The molecule has 1 N–H and O–H groups in total. The highest BCUT2D eigenvalue weighted by Crippen LogP contribution is 2.23. The molecule has 0 aliphatic carbocycles. The van der Waals surface area contributed by atoms with Gasteiger partial charge in [-0.1, -0.05) is 35.9 Å². The van der Waals surface area contributed by atoms with Gasteiger partial charge in [0.05, 0.1) is 22.9 Å². The average molecular weight is 420 g/mol. The highest BCUT2D eigenvalue weighted by atomic mass is 32.2. The molecule has 1 unspecified atom stereocenters. The molecule has 0 saturated heterocycles. The summed E-state index contributed by atoms with van der Waals surface area (Å²) in [5.41, 5.74) is 2.13. The molecule has 0 aliphatic rings. The molecule has 0 saturated carbocycles. The van der Waals surface area contributed by atoms with Gasteiger partial charge in [0.2, 0.25) is 15.9 Å². The number of non-ortho nitro benzene ring substituents is 1. The molecule has 2 aromatic carbocycles. The second-order valence-corrected chi connectivity index (χ2v) is 8.82. The van der Waals surface area contributed by atoms with E-state index in [-0.39, 0.29) is 42.7 Å². The summed E-state index contributed by atoms with van der Waals surface area (Å²) in [7, 11) is -3.65. The van der Waals surface area contributed by atoms with E-state index in [4.69, 9.17) is 0 Å². The SMILES string of the molecule is Cc1ccc(C(C)NC(=O)CCCN(c2cccc([N+](=O)[O-])c2)S(C)(=O)=O)cc1. The quantitative estimate of drug-likeness (QED) is 0.495. The van der Waals surface area contributed by atoms with Gasteiger partial charge < -0.3 is 5.32 Å². The first-order valence-corrected chi connectivity index (χ1v) is 11.0. The number of anilines is 1. The number of nitro benzene ring substituents is 1. The fraction of sp³-hybridized carbons (Fsp3) is 0.350. The molecule has 0 spiro atoms. The van der Waals surface area contributed by atoms with Gasteiger partial charge in [-0.05, 0) is 31.9 Å². The smallest absolute Gasteiger partial charge is 0.271 e. The van der Waals surface area contributed by atoms with E-state index in [0.717, 1.165) is 21.7 Å². The molecule has 0 aliphatic heterocycles. The summed E-state index contributed by atoms with van der Waals surface area (Å²) in [4.78, 5) is 22.6. The van der Waals surface area contributed by atoms with E-state index < -0.39 is 14.9 Å². The lowest BCUT2D eigenvalue weighted by molar-refractivity contribution is -0.384. The van der Waals surface area contributed by atoms with Crippen molar-refractivity contribution in [3.05, 3.63) is 69.8 Å². The van der Waals surface area contributed by atoms with Crippen LogP contribution in [0.3, 0.4) is 0 Å². The van der Waals surface area contributed by atoms with Crippen LogP contribution >= 0.6 is 0 Å². The molecular formula is C20H25N3O5S. The molecule has 1 amide bonds. The van der Waals surface area contributed by atoms with Crippen LogP contribution in [0.1, 0.15) is 36.9 Å². The lowest BCUT2D eigenvalue weighted by atomic mass is 10.1. The summed E-state index contributed by atoms with van der Waals surface area (Å²) >= 11 is 0. The molecule has 0 fully saturated rings. The molecule has 156 valence electrons. The van der Waals surface area contributed by atoms with Gasteiger partial charge in [-0.3, -0.25) is 19.2 Å².